The minimum Gasteiger partial charge on any atom is -0.373 e. The summed E-state index contributed by atoms with van der Waals surface area (Å²) in [4.78, 5) is 2.20. The van der Waals surface area contributed by atoms with Crippen molar-refractivity contribution in [3.05, 3.63) is 60.4 Å². The van der Waals surface area contributed by atoms with Crippen LogP contribution in [0.3, 0.4) is 0 Å². The Bertz CT molecular complexity index is 735. The van der Waals surface area contributed by atoms with Gasteiger partial charge in [-0.2, -0.15) is 5.10 Å². The monoisotopic (exact) mass is 308 g/mol. The molecule has 1 aromatic carbocycles. The lowest BCUT2D eigenvalue weighted by Gasteiger charge is -2.19. The van der Waals surface area contributed by atoms with E-state index >= 15 is 0 Å². The van der Waals surface area contributed by atoms with Crippen molar-refractivity contribution in [2.45, 2.75) is 6.92 Å². The molecule has 6 nitrogen and oxygen atoms in total. The summed E-state index contributed by atoms with van der Waals surface area (Å²) in [5.41, 5.74) is 2.16. The Labute approximate surface area is 135 Å². The van der Waals surface area contributed by atoms with Crippen molar-refractivity contribution in [2.24, 2.45) is 0 Å². The summed E-state index contributed by atoms with van der Waals surface area (Å²) in [7, 11) is 2.08. The van der Waals surface area contributed by atoms with Crippen LogP contribution >= 0.6 is 0 Å². The first kappa shape index (κ1) is 15.0. The van der Waals surface area contributed by atoms with Crippen molar-refractivity contribution in [2.75, 3.05) is 30.4 Å². The lowest BCUT2D eigenvalue weighted by atomic mass is 10.3. The van der Waals surface area contributed by atoms with Crippen molar-refractivity contribution in [1.82, 2.24) is 20.0 Å². The predicted octanol–water partition coefficient (Wildman–Crippen LogP) is 2.52. The van der Waals surface area contributed by atoms with E-state index in [1.165, 1.54) is 5.69 Å². The average molecular weight is 308 g/mol. The number of rotatable bonds is 6. The molecule has 118 valence electrons. The number of nitrogens with zero attached hydrogens (tertiary/aromatic N) is 5. The number of nitrogens with one attached hydrogen (secondary N) is 1. The number of anilines is 2. The number of para-hydroxylation sites is 1. The number of likely N-dealkylation sites (N-methyl/N-ethyl adjacent to an activating group) is 1. The first-order chi connectivity index (χ1) is 11.2. The van der Waals surface area contributed by atoms with E-state index < -0.39 is 0 Å². The van der Waals surface area contributed by atoms with Crippen molar-refractivity contribution in [3.63, 3.8) is 0 Å². The van der Waals surface area contributed by atoms with Crippen molar-refractivity contribution < 1.29 is 0 Å². The van der Waals surface area contributed by atoms with E-state index in [-0.39, 0.29) is 0 Å². The maximum Gasteiger partial charge on any atom is 0.175 e. The molecule has 0 aliphatic heterocycles. The number of aromatic nitrogens is 4. The molecular weight excluding hydrogens is 288 g/mol. The van der Waals surface area contributed by atoms with Crippen LogP contribution in [0.15, 0.2) is 54.7 Å². The lowest BCUT2D eigenvalue weighted by molar-refractivity contribution is 0.802. The molecule has 2 heterocycles. The van der Waals surface area contributed by atoms with E-state index in [0.29, 0.717) is 5.82 Å². The zero-order valence-electron chi connectivity index (χ0n) is 13.3. The van der Waals surface area contributed by atoms with Gasteiger partial charge in [-0.25, -0.2) is 4.68 Å². The van der Waals surface area contributed by atoms with Gasteiger partial charge in [-0.3, -0.25) is 0 Å². The largest absolute Gasteiger partial charge is 0.373 e. The molecular formula is C17H20N6. The Morgan fingerprint density at radius 3 is 2.52 bits per heavy atom. The van der Waals surface area contributed by atoms with Crippen LogP contribution in [-0.2, 0) is 0 Å². The highest BCUT2D eigenvalue weighted by molar-refractivity contribution is 5.45. The Balaban J connectivity index is 1.53. The summed E-state index contributed by atoms with van der Waals surface area (Å²) in [5, 5.41) is 16.0. The number of aryl methyl sites for hydroxylation is 1. The third-order valence-electron chi connectivity index (χ3n) is 3.56. The maximum atomic E-state index is 4.32. The molecule has 3 rings (SSSR count). The molecule has 0 bridgehead atoms. The van der Waals surface area contributed by atoms with Crippen LogP contribution in [0, 0.1) is 6.92 Å². The third-order valence-corrected chi connectivity index (χ3v) is 3.56. The van der Waals surface area contributed by atoms with Crippen molar-refractivity contribution >= 4 is 11.5 Å². The molecule has 1 N–H and O–H groups in total. The number of hydrogen-bond donors (Lipinski definition) is 1. The number of benzene rings is 1. The molecule has 23 heavy (non-hydrogen) atoms. The second-order valence-electron chi connectivity index (χ2n) is 5.36. The third kappa shape index (κ3) is 3.85. The van der Waals surface area contributed by atoms with Gasteiger partial charge in [0.15, 0.2) is 5.82 Å². The second kappa shape index (κ2) is 6.91. The highest BCUT2D eigenvalue weighted by Gasteiger charge is 2.03. The summed E-state index contributed by atoms with van der Waals surface area (Å²) < 4.78 is 1.72. The molecule has 0 fully saturated rings. The Kier molecular flexibility index (Phi) is 4.52. The molecule has 0 radical (unpaired) electrons. The predicted molar refractivity (Wildman–Crippen MR) is 92.1 cm³/mol. The zero-order valence-corrected chi connectivity index (χ0v) is 13.3. The van der Waals surface area contributed by atoms with Crippen LogP contribution in [0.2, 0.25) is 0 Å². The van der Waals surface area contributed by atoms with E-state index in [4.69, 9.17) is 0 Å². The SMILES string of the molecule is Cc1ccn(-c2ccc(NCCN(C)c3ccccc3)nn2)n1. The Morgan fingerprint density at radius 2 is 1.87 bits per heavy atom. The Hall–Kier alpha value is -2.89. The highest BCUT2D eigenvalue weighted by Crippen LogP contribution is 2.11. The van der Waals surface area contributed by atoms with E-state index in [1.54, 1.807) is 4.68 Å². The van der Waals surface area contributed by atoms with Gasteiger partial charge in [-0.1, -0.05) is 18.2 Å². The van der Waals surface area contributed by atoms with Crippen LogP contribution in [0.25, 0.3) is 5.82 Å². The fourth-order valence-electron chi connectivity index (χ4n) is 2.25. The molecule has 0 saturated heterocycles. The second-order valence-corrected chi connectivity index (χ2v) is 5.36. The van der Waals surface area contributed by atoms with Gasteiger partial charge in [0.1, 0.15) is 5.82 Å². The molecule has 2 aromatic heterocycles. The minimum absolute atomic E-state index is 0.713. The standard InChI is InChI=1S/C17H20N6/c1-14-10-12-23(21-14)17-9-8-16(19-20-17)18-11-13-22(2)15-6-4-3-5-7-15/h3-10,12H,11,13H2,1-2H3,(H,18,19). The summed E-state index contributed by atoms with van der Waals surface area (Å²) in [6, 6.07) is 16.1. The van der Waals surface area contributed by atoms with Gasteiger partial charge in [0.05, 0.1) is 5.69 Å². The van der Waals surface area contributed by atoms with E-state index in [1.807, 2.05) is 49.5 Å². The molecule has 0 spiro atoms. The first-order valence-corrected chi connectivity index (χ1v) is 7.59. The molecule has 0 aliphatic carbocycles. The highest BCUT2D eigenvalue weighted by atomic mass is 15.3. The van der Waals surface area contributed by atoms with Crippen LogP contribution in [0.4, 0.5) is 11.5 Å². The fraction of sp³-hybridized carbons (Fsp3) is 0.235. The number of hydrogen-bond acceptors (Lipinski definition) is 5. The normalized spacial score (nSPS) is 10.5. The van der Waals surface area contributed by atoms with Gasteiger partial charge in [0.2, 0.25) is 0 Å². The molecule has 3 aromatic rings. The summed E-state index contributed by atoms with van der Waals surface area (Å²) in [6.07, 6.45) is 1.88. The van der Waals surface area contributed by atoms with E-state index in [0.717, 1.165) is 24.6 Å². The van der Waals surface area contributed by atoms with Crippen LogP contribution in [-0.4, -0.2) is 40.1 Å². The first-order valence-electron chi connectivity index (χ1n) is 7.59. The summed E-state index contributed by atoms with van der Waals surface area (Å²) in [5.74, 6) is 1.48. The molecule has 0 saturated carbocycles. The molecule has 0 amide bonds. The van der Waals surface area contributed by atoms with Crippen LogP contribution < -0.4 is 10.2 Å². The molecule has 6 heteroatoms. The molecule has 0 aliphatic rings. The summed E-state index contributed by atoms with van der Waals surface area (Å²) >= 11 is 0. The van der Waals surface area contributed by atoms with Gasteiger partial charge in [-0.05, 0) is 37.3 Å². The zero-order chi connectivity index (χ0) is 16.1. The van der Waals surface area contributed by atoms with Crippen LogP contribution in [0.1, 0.15) is 5.69 Å². The van der Waals surface area contributed by atoms with Gasteiger partial charge >= 0.3 is 0 Å². The van der Waals surface area contributed by atoms with E-state index in [2.05, 4.69) is 44.7 Å². The summed E-state index contributed by atoms with van der Waals surface area (Å²) in [6.45, 7) is 3.62. The smallest absolute Gasteiger partial charge is 0.175 e. The van der Waals surface area contributed by atoms with E-state index in [9.17, 15) is 0 Å². The molecule has 0 atom stereocenters. The Morgan fingerprint density at radius 1 is 1.04 bits per heavy atom. The van der Waals surface area contributed by atoms with Gasteiger partial charge in [0, 0.05) is 32.0 Å². The topological polar surface area (TPSA) is 58.9 Å². The maximum absolute atomic E-state index is 4.32. The van der Waals surface area contributed by atoms with Gasteiger partial charge in [0.25, 0.3) is 0 Å². The quantitative estimate of drug-likeness (QED) is 0.758. The fourth-order valence-corrected chi connectivity index (χ4v) is 2.25. The van der Waals surface area contributed by atoms with Crippen LogP contribution in [0.5, 0.6) is 0 Å². The molecule has 0 unspecified atom stereocenters. The van der Waals surface area contributed by atoms with Gasteiger partial charge < -0.3 is 10.2 Å². The average Bonchev–Trinajstić information content (AvgIpc) is 3.03. The van der Waals surface area contributed by atoms with Gasteiger partial charge in [-0.15, -0.1) is 10.2 Å². The minimum atomic E-state index is 0.713. The lowest BCUT2D eigenvalue weighted by Crippen LogP contribution is -2.24. The van der Waals surface area contributed by atoms with Crippen molar-refractivity contribution in [3.8, 4) is 5.82 Å². The van der Waals surface area contributed by atoms with Crippen molar-refractivity contribution in [1.29, 1.82) is 0 Å².